The van der Waals surface area contributed by atoms with E-state index in [0.29, 0.717) is 6.42 Å². The highest BCUT2D eigenvalue weighted by atomic mass is 32.2. The third kappa shape index (κ3) is 4.42. The van der Waals surface area contributed by atoms with Gasteiger partial charge in [-0.1, -0.05) is 43.3 Å². The second-order valence-electron chi connectivity index (χ2n) is 4.47. The zero-order valence-electron chi connectivity index (χ0n) is 11.6. The number of hydrogen-bond acceptors (Lipinski definition) is 2. The van der Waals surface area contributed by atoms with E-state index in [1.165, 1.54) is 10.5 Å². The molecule has 2 aromatic rings. The van der Waals surface area contributed by atoms with Gasteiger partial charge in [0.05, 0.1) is 0 Å². The first-order valence-corrected chi connectivity index (χ1v) is 7.83. The summed E-state index contributed by atoms with van der Waals surface area (Å²) in [6.07, 6.45) is 1.45. The van der Waals surface area contributed by atoms with Crippen LogP contribution in [0.25, 0.3) is 0 Å². The van der Waals surface area contributed by atoms with Crippen molar-refractivity contribution in [3.63, 3.8) is 0 Å². The molecule has 2 nitrogen and oxygen atoms in total. The van der Waals surface area contributed by atoms with Gasteiger partial charge in [0.1, 0.15) is 0 Å². The molecule has 0 aliphatic carbocycles. The number of para-hydroxylation sites is 1. The minimum Gasteiger partial charge on any atom is -0.326 e. The SMILES string of the molecule is CCc1ccccc1NC(=O)CCSc1ccccc1. The number of benzene rings is 2. The predicted molar refractivity (Wildman–Crippen MR) is 86.2 cm³/mol. The van der Waals surface area contributed by atoms with Crippen LogP contribution in [0.3, 0.4) is 0 Å². The summed E-state index contributed by atoms with van der Waals surface area (Å²) in [6.45, 7) is 2.09. The Bertz CT molecular complexity index is 554. The van der Waals surface area contributed by atoms with Gasteiger partial charge in [-0.25, -0.2) is 0 Å². The smallest absolute Gasteiger partial charge is 0.225 e. The van der Waals surface area contributed by atoms with E-state index in [1.54, 1.807) is 11.8 Å². The number of aryl methyl sites for hydroxylation is 1. The standard InChI is InChI=1S/C17H19NOS/c1-2-14-8-6-7-11-16(14)18-17(19)12-13-20-15-9-4-3-5-10-15/h3-11H,2,12-13H2,1H3,(H,18,19). The van der Waals surface area contributed by atoms with Crippen LogP contribution in [0, 0.1) is 0 Å². The van der Waals surface area contributed by atoms with Crippen LogP contribution in [0.1, 0.15) is 18.9 Å². The zero-order chi connectivity index (χ0) is 14.2. The third-order valence-electron chi connectivity index (χ3n) is 3.01. The molecule has 0 aliphatic rings. The van der Waals surface area contributed by atoms with Gasteiger partial charge in [0, 0.05) is 22.8 Å². The van der Waals surface area contributed by atoms with Gasteiger partial charge < -0.3 is 5.32 Å². The molecule has 0 heterocycles. The Morgan fingerprint density at radius 3 is 2.50 bits per heavy atom. The first-order valence-electron chi connectivity index (χ1n) is 6.85. The second kappa shape index (κ2) is 7.75. The number of rotatable bonds is 6. The normalized spacial score (nSPS) is 10.2. The van der Waals surface area contributed by atoms with Gasteiger partial charge in [-0.3, -0.25) is 4.79 Å². The summed E-state index contributed by atoms with van der Waals surface area (Å²) in [5.41, 5.74) is 2.11. The van der Waals surface area contributed by atoms with Crippen molar-refractivity contribution in [1.29, 1.82) is 0 Å². The van der Waals surface area contributed by atoms with Crippen LogP contribution in [0.4, 0.5) is 5.69 Å². The summed E-state index contributed by atoms with van der Waals surface area (Å²) in [5, 5.41) is 3.00. The molecule has 0 saturated carbocycles. The molecule has 0 unspecified atom stereocenters. The van der Waals surface area contributed by atoms with Crippen molar-refractivity contribution in [3.8, 4) is 0 Å². The highest BCUT2D eigenvalue weighted by molar-refractivity contribution is 7.99. The van der Waals surface area contributed by atoms with E-state index in [0.717, 1.165) is 17.9 Å². The van der Waals surface area contributed by atoms with Gasteiger partial charge in [0.2, 0.25) is 5.91 Å². The minimum absolute atomic E-state index is 0.0781. The van der Waals surface area contributed by atoms with Gasteiger partial charge in [-0.05, 0) is 30.2 Å². The fourth-order valence-electron chi connectivity index (χ4n) is 1.94. The largest absolute Gasteiger partial charge is 0.326 e. The lowest BCUT2D eigenvalue weighted by Crippen LogP contribution is -2.13. The molecule has 0 radical (unpaired) electrons. The average Bonchev–Trinajstić information content (AvgIpc) is 2.49. The summed E-state index contributed by atoms with van der Waals surface area (Å²) >= 11 is 1.71. The van der Waals surface area contributed by atoms with Gasteiger partial charge in [0.15, 0.2) is 0 Å². The first-order chi connectivity index (χ1) is 9.79. The Labute approximate surface area is 124 Å². The lowest BCUT2D eigenvalue weighted by molar-refractivity contribution is -0.115. The maximum Gasteiger partial charge on any atom is 0.225 e. The summed E-state index contributed by atoms with van der Waals surface area (Å²) in [6, 6.07) is 18.1. The van der Waals surface area contributed by atoms with Gasteiger partial charge in [0.25, 0.3) is 0 Å². The lowest BCUT2D eigenvalue weighted by atomic mass is 10.1. The van der Waals surface area contributed by atoms with Crippen molar-refractivity contribution in [2.75, 3.05) is 11.1 Å². The van der Waals surface area contributed by atoms with Crippen molar-refractivity contribution in [3.05, 3.63) is 60.2 Å². The van der Waals surface area contributed by atoms with Crippen molar-refractivity contribution in [1.82, 2.24) is 0 Å². The minimum atomic E-state index is 0.0781. The second-order valence-corrected chi connectivity index (χ2v) is 5.64. The number of carbonyl (C=O) groups is 1. The Balaban J connectivity index is 1.81. The number of carbonyl (C=O) groups excluding carboxylic acids is 1. The van der Waals surface area contributed by atoms with E-state index in [1.807, 2.05) is 42.5 Å². The number of hydrogen-bond donors (Lipinski definition) is 1. The van der Waals surface area contributed by atoms with E-state index in [9.17, 15) is 4.79 Å². The van der Waals surface area contributed by atoms with Crippen LogP contribution >= 0.6 is 11.8 Å². The van der Waals surface area contributed by atoms with Crippen molar-refractivity contribution < 1.29 is 4.79 Å². The molecular formula is C17H19NOS. The van der Waals surface area contributed by atoms with Crippen LogP contribution in [0.15, 0.2) is 59.5 Å². The van der Waals surface area contributed by atoms with Crippen LogP contribution in [-0.2, 0) is 11.2 Å². The van der Waals surface area contributed by atoms with E-state index in [2.05, 4.69) is 24.4 Å². The molecule has 1 amide bonds. The summed E-state index contributed by atoms with van der Waals surface area (Å²) in [7, 11) is 0. The van der Waals surface area contributed by atoms with Crippen molar-refractivity contribution >= 4 is 23.4 Å². The van der Waals surface area contributed by atoms with E-state index in [-0.39, 0.29) is 5.91 Å². The van der Waals surface area contributed by atoms with Crippen LogP contribution in [0.5, 0.6) is 0 Å². The molecule has 0 aliphatic heterocycles. The lowest BCUT2D eigenvalue weighted by Gasteiger charge is -2.09. The maximum absolute atomic E-state index is 11.9. The number of anilines is 1. The molecule has 0 fully saturated rings. The molecule has 2 rings (SSSR count). The van der Waals surface area contributed by atoms with Crippen LogP contribution < -0.4 is 5.32 Å². The molecule has 0 saturated heterocycles. The van der Waals surface area contributed by atoms with Crippen molar-refractivity contribution in [2.24, 2.45) is 0 Å². The maximum atomic E-state index is 11.9. The Morgan fingerprint density at radius 1 is 1.05 bits per heavy atom. The molecule has 20 heavy (non-hydrogen) atoms. The fraction of sp³-hybridized carbons (Fsp3) is 0.235. The number of thioether (sulfide) groups is 1. The summed E-state index contributed by atoms with van der Waals surface area (Å²) < 4.78 is 0. The van der Waals surface area contributed by atoms with Gasteiger partial charge >= 0.3 is 0 Å². The van der Waals surface area contributed by atoms with Crippen LogP contribution in [0.2, 0.25) is 0 Å². The molecule has 2 aromatic carbocycles. The topological polar surface area (TPSA) is 29.1 Å². The fourth-order valence-corrected chi connectivity index (χ4v) is 2.81. The summed E-state index contributed by atoms with van der Waals surface area (Å²) in [5.74, 6) is 0.874. The first kappa shape index (κ1) is 14.7. The van der Waals surface area contributed by atoms with Crippen LogP contribution in [-0.4, -0.2) is 11.7 Å². The van der Waals surface area contributed by atoms with E-state index >= 15 is 0 Å². The third-order valence-corrected chi connectivity index (χ3v) is 4.03. The molecule has 104 valence electrons. The number of nitrogens with one attached hydrogen (secondary N) is 1. The molecule has 0 atom stereocenters. The monoisotopic (exact) mass is 285 g/mol. The molecular weight excluding hydrogens is 266 g/mol. The molecule has 0 aromatic heterocycles. The summed E-state index contributed by atoms with van der Waals surface area (Å²) in [4.78, 5) is 13.1. The van der Waals surface area contributed by atoms with Gasteiger partial charge in [-0.2, -0.15) is 0 Å². The predicted octanol–water partition coefficient (Wildman–Crippen LogP) is 4.37. The number of amides is 1. The Hall–Kier alpha value is -1.74. The van der Waals surface area contributed by atoms with E-state index < -0.39 is 0 Å². The van der Waals surface area contributed by atoms with Crippen molar-refractivity contribution in [2.45, 2.75) is 24.7 Å². The molecule has 0 spiro atoms. The zero-order valence-corrected chi connectivity index (χ0v) is 12.5. The molecule has 3 heteroatoms. The average molecular weight is 285 g/mol. The van der Waals surface area contributed by atoms with Gasteiger partial charge in [-0.15, -0.1) is 11.8 Å². The highest BCUT2D eigenvalue weighted by Gasteiger charge is 2.05. The van der Waals surface area contributed by atoms with E-state index in [4.69, 9.17) is 0 Å². The molecule has 0 bridgehead atoms. The Kier molecular flexibility index (Phi) is 5.69. The Morgan fingerprint density at radius 2 is 1.75 bits per heavy atom. The molecule has 1 N–H and O–H groups in total. The quantitative estimate of drug-likeness (QED) is 0.798. The highest BCUT2D eigenvalue weighted by Crippen LogP contribution is 2.19.